The summed E-state index contributed by atoms with van der Waals surface area (Å²) in [5.74, 6) is -0.557. The highest BCUT2D eigenvalue weighted by Gasteiger charge is 2.25. The Morgan fingerprint density at radius 1 is 1.21 bits per heavy atom. The molecule has 0 saturated carbocycles. The van der Waals surface area contributed by atoms with Crippen LogP contribution in [0.25, 0.3) is 0 Å². The van der Waals surface area contributed by atoms with Crippen LogP contribution in [0.15, 0.2) is 41.8 Å². The summed E-state index contributed by atoms with van der Waals surface area (Å²) in [6.45, 7) is 3.77. The zero-order chi connectivity index (χ0) is 17.5. The lowest BCUT2D eigenvalue weighted by Crippen LogP contribution is -2.46. The van der Waals surface area contributed by atoms with E-state index in [-0.39, 0.29) is 17.7 Å². The lowest BCUT2D eigenvalue weighted by atomic mass is 10.0. The van der Waals surface area contributed by atoms with E-state index in [1.807, 2.05) is 19.2 Å². The summed E-state index contributed by atoms with van der Waals surface area (Å²) in [6.07, 6.45) is 0.333. The van der Waals surface area contributed by atoms with Crippen LogP contribution in [0.3, 0.4) is 0 Å². The summed E-state index contributed by atoms with van der Waals surface area (Å²) in [6, 6.07) is 12.1. The molecule has 0 aliphatic rings. The van der Waals surface area contributed by atoms with Crippen LogP contribution in [0, 0.1) is 17.2 Å². The fourth-order valence-electron chi connectivity index (χ4n) is 2.17. The topological polar surface area (TPSA) is 82.0 Å². The number of rotatable bonds is 6. The zero-order valence-corrected chi connectivity index (χ0v) is 14.4. The highest BCUT2D eigenvalue weighted by atomic mass is 32.1. The molecule has 2 rings (SSSR count). The summed E-state index contributed by atoms with van der Waals surface area (Å²) >= 11 is 1.34. The van der Waals surface area contributed by atoms with Gasteiger partial charge in [-0.1, -0.05) is 32.0 Å². The normalized spacial score (nSPS) is 11.6. The molecule has 124 valence electrons. The average molecular weight is 341 g/mol. The lowest BCUT2D eigenvalue weighted by molar-refractivity contribution is -0.118. The lowest BCUT2D eigenvalue weighted by Gasteiger charge is -2.21. The molecule has 1 atom stereocenters. The number of benzene rings is 1. The molecule has 0 radical (unpaired) electrons. The van der Waals surface area contributed by atoms with Crippen LogP contribution in [0.5, 0.6) is 0 Å². The molecule has 1 aromatic carbocycles. The third-order valence-corrected chi connectivity index (χ3v) is 4.35. The molecule has 0 aliphatic heterocycles. The van der Waals surface area contributed by atoms with Crippen molar-refractivity contribution in [2.24, 2.45) is 5.92 Å². The second-order valence-corrected chi connectivity index (χ2v) is 6.64. The van der Waals surface area contributed by atoms with Crippen LogP contribution in [0.2, 0.25) is 0 Å². The standard InChI is InChI=1S/C18H19N3O2S/c1-12(2)16(21-17(22)15-4-3-11-24-15)18(23)20-14-7-5-13(6-8-14)9-10-19/h3-8,11-12,16H,9H2,1-2H3,(H,20,23)(H,21,22). The van der Waals surface area contributed by atoms with Gasteiger partial charge in [0.1, 0.15) is 6.04 Å². The maximum atomic E-state index is 12.5. The van der Waals surface area contributed by atoms with Gasteiger partial charge in [-0.2, -0.15) is 5.26 Å². The second kappa shape index (κ2) is 8.27. The molecule has 0 fully saturated rings. The Hall–Kier alpha value is -2.65. The van der Waals surface area contributed by atoms with Crippen LogP contribution in [0.4, 0.5) is 5.69 Å². The van der Waals surface area contributed by atoms with E-state index in [0.717, 1.165) is 5.56 Å². The monoisotopic (exact) mass is 341 g/mol. The van der Waals surface area contributed by atoms with E-state index in [1.165, 1.54) is 11.3 Å². The summed E-state index contributed by atoms with van der Waals surface area (Å²) in [7, 11) is 0. The van der Waals surface area contributed by atoms with Crippen molar-refractivity contribution in [3.05, 3.63) is 52.2 Å². The van der Waals surface area contributed by atoms with Crippen molar-refractivity contribution in [3.8, 4) is 6.07 Å². The van der Waals surface area contributed by atoms with E-state index in [9.17, 15) is 9.59 Å². The van der Waals surface area contributed by atoms with Gasteiger partial charge < -0.3 is 10.6 Å². The van der Waals surface area contributed by atoms with Crippen molar-refractivity contribution in [1.82, 2.24) is 5.32 Å². The van der Waals surface area contributed by atoms with Crippen molar-refractivity contribution in [2.45, 2.75) is 26.3 Å². The number of carbonyl (C=O) groups is 2. The van der Waals surface area contributed by atoms with E-state index < -0.39 is 6.04 Å². The molecule has 6 heteroatoms. The second-order valence-electron chi connectivity index (χ2n) is 5.69. The van der Waals surface area contributed by atoms with Gasteiger partial charge in [0.25, 0.3) is 5.91 Å². The number of amides is 2. The third-order valence-electron chi connectivity index (χ3n) is 3.49. The van der Waals surface area contributed by atoms with Crippen molar-refractivity contribution in [3.63, 3.8) is 0 Å². The quantitative estimate of drug-likeness (QED) is 0.846. The van der Waals surface area contributed by atoms with Crippen molar-refractivity contribution >= 4 is 28.8 Å². The maximum absolute atomic E-state index is 12.5. The fourth-order valence-corrected chi connectivity index (χ4v) is 2.80. The van der Waals surface area contributed by atoms with Crippen LogP contribution >= 0.6 is 11.3 Å². The van der Waals surface area contributed by atoms with Gasteiger partial charge in [0.05, 0.1) is 17.4 Å². The molecular weight excluding hydrogens is 322 g/mol. The van der Waals surface area contributed by atoms with Crippen molar-refractivity contribution in [1.29, 1.82) is 5.26 Å². The predicted octanol–water partition coefficient (Wildman–Crippen LogP) is 3.21. The molecule has 1 unspecified atom stereocenters. The van der Waals surface area contributed by atoms with Crippen LogP contribution < -0.4 is 10.6 Å². The Balaban J connectivity index is 2.03. The van der Waals surface area contributed by atoms with Gasteiger partial charge in [0.2, 0.25) is 5.91 Å². The van der Waals surface area contributed by atoms with E-state index in [2.05, 4.69) is 16.7 Å². The number of thiophene rings is 1. The van der Waals surface area contributed by atoms with Gasteiger partial charge in [0.15, 0.2) is 0 Å². The fraction of sp³-hybridized carbons (Fsp3) is 0.278. The van der Waals surface area contributed by atoms with Gasteiger partial charge in [-0.25, -0.2) is 0 Å². The predicted molar refractivity (Wildman–Crippen MR) is 94.8 cm³/mol. The molecule has 1 aromatic heterocycles. The third kappa shape index (κ3) is 4.67. The molecule has 0 saturated heterocycles. The summed E-state index contributed by atoms with van der Waals surface area (Å²) < 4.78 is 0. The zero-order valence-electron chi connectivity index (χ0n) is 13.6. The number of carbonyl (C=O) groups excluding carboxylic acids is 2. The Kier molecular flexibility index (Phi) is 6.10. The van der Waals surface area contributed by atoms with Crippen molar-refractivity contribution in [2.75, 3.05) is 5.32 Å². The van der Waals surface area contributed by atoms with Gasteiger partial charge in [0, 0.05) is 5.69 Å². The molecule has 1 heterocycles. The summed E-state index contributed by atoms with van der Waals surface area (Å²) in [5.41, 5.74) is 1.53. The first kappa shape index (κ1) is 17.7. The Bertz CT molecular complexity index is 731. The van der Waals surface area contributed by atoms with Gasteiger partial charge in [-0.05, 0) is 35.1 Å². The van der Waals surface area contributed by atoms with Crippen LogP contribution in [0.1, 0.15) is 29.1 Å². The van der Waals surface area contributed by atoms with Crippen LogP contribution in [-0.2, 0) is 11.2 Å². The molecule has 0 bridgehead atoms. The van der Waals surface area contributed by atoms with E-state index >= 15 is 0 Å². The largest absolute Gasteiger partial charge is 0.339 e. The van der Waals surface area contributed by atoms with Gasteiger partial charge >= 0.3 is 0 Å². The number of nitriles is 1. The van der Waals surface area contributed by atoms with E-state index in [1.54, 1.807) is 36.4 Å². The highest BCUT2D eigenvalue weighted by molar-refractivity contribution is 7.12. The Morgan fingerprint density at radius 3 is 2.46 bits per heavy atom. The molecule has 0 spiro atoms. The van der Waals surface area contributed by atoms with Crippen molar-refractivity contribution < 1.29 is 9.59 Å². The smallest absolute Gasteiger partial charge is 0.262 e. The molecule has 2 amide bonds. The first-order chi connectivity index (χ1) is 11.5. The maximum Gasteiger partial charge on any atom is 0.262 e. The highest BCUT2D eigenvalue weighted by Crippen LogP contribution is 2.14. The van der Waals surface area contributed by atoms with Gasteiger partial charge in [-0.15, -0.1) is 11.3 Å². The van der Waals surface area contributed by atoms with E-state index in [4.69, 9.17) is 5.26 Å². The Labute approximate surface area is 145 Å². The number of anilines is 1. The Morgan fingerprint density at radius 2 is 1.92 bits per heavy atom. The van der Waals surface area contributed by atoms with Gasteiger partial charge in [-0.3, -0.25) is 9.59 Å². The minimum absolute atomic E-state index is 0.0493. The molecular formula is C18H19N3O2S. The number of nitrogens with zero attached hydrogens (tertiary/aromatic N) is 1. The summed E-state index contributed by atoms with van der Waals surface area (Å²) in [4.78, 5) is 25.3. The minimum atomic E-state index is -0.626. The van der Waals surface area contributed by atoms with Crippen LogP contribution in [-0.4, -0.2) is 17.9 Å². The average Bonchev–Trinajstić information content (AvgIpc) is 3.08. The summed E-state index contributed by atoms with van der Waals surface area (Å²) in [5, 5.41) is 16.1. The first-order valence-corrected chi connectivity index (χ1v) is 8.50. The molecule has 24 heavy (non-hydrogen) atoms. The molecule has 0 aliphatic carbocycles. The molecule has 2 N–H and O–H groups in total. The SMILES string of the molecule is CC(C)C(NC(=O)c1cccs1)C(=O)Nc1ccc(CC#N)cc1. The molecule has 2 aromatic rings. The van der Waals surface area contributed by atoms with E-state index in [0.29, 0.717) is 17.0 Å². The number of hydrogen-bond donors (Lipinski definition) is 2. The minimum Gasteiger partial charge on any atom is -0.339 e. The number of nitrogens with one attached hydrogen (secondary N) is 2. The molecule has 5 nitrogen and oxygen atoms in total. The first-order valence-electron chi connectivity index (χ1n) is 7.62. The number of hydrogen-bond acceptors (Lipinski definition) is 4.